The van der Waals surface area contributed by atoms with E-state index in [9.17, 15) is 4.79 Å². The molecule has 0 aliphatic heterocycles. The first-order chi connectivity index (χ1) is 16.9. The Kier molecular flexibility index (Phi) is 5.84. The summed E-state index contributed by atoms with van der Waals surface area (Å²) in [5, 5.41) is 8.55. The standard InChI is InChI=1S/C25H21ClN8O/c1-14-5-6-18(29-12-14)13-30-25(35)22-23(27)32-24(34-9-7-15(2)33-34)21(31-22)17-10-16-4-3-8-28-20(16)19(26)11-17/h3-12H,13H2,1-2H3,(H2,27,32)(H,30,35). The zero-order valence-electron chi connectivity index (χ0n) is 19.0. The van der Waals surface area contributed by atoms with Gasteiger partial charge in [-0.05, 0) is 49.7 Å². The Morgan fingerprint density at radius 2 is 1.97 bits per heavy atom. The summed E-state index contributed by atoms with van der Waals surface area (Å²) < 4.78 is 1.58. The predicted octanol–water partition coefficient (Wildman–Crippen LogP) is 4.05. The fourth-order valence-corrected chi connectivity index (χ4v) is 3.91. The molecular weight excluding hydrogens is 464 g/mol. The third-order valence-electron chi connectivity index (χ3n) is 5.39. The van der Waals surface area contributed by atoms with E-state index in [1.807, 2.05) is 50.2 Å². The van der Waals surface area contributed by atoms with E-state index in [4.69, 9.17) is 17.3 Å². The SMILES string of the molecule is Cc1ccc(CNC(=O)c2nc(-c3cc(Cl)c4ncccc4c3)c(-n3ccc(C)n3)nc2N)nc1. The molecule has 9 nitrogen and oxygen atoms in total. The van der Waals surface area contributed by atoms with Crippen LogP contribution >= 0.6 is 11.6 Å². The van der Waals surface area contributed by atoms with Crippen LogP contribution in [0.4, 0.5) is 5.82 Å². The summed E-state index contributed by atoms with van der Waals surface area (Å²) in [5.74, 6) is -0.0955. The Labute approximate surface area is 206 Å². The summed E-state index contributed by atoms with van der Waals surface area (Å²) in [7, 11) is 0. The van der Waals surface area contributed by atoms with Crippen LogP contribution in [0.1, 0.15) is 27.4 Å². The van der Waals surface area contributed by atoms with E-state index in [2.05, 4.69) is 30.4 Å². The number of pyridine rings is 2. The van der Waals surface area contributed by atoms with Crippen molar-refractivity contribution in [1.29, 1.82) is 0 Å². The molecule has 0 fully saturated rings. The van der Waals surface area contributed by atoms with Gasteiger partial charge in [-0.25, -0.2) is 14.6 Å². The van der Waals surface area contributed by atoms with Gasteiger partial charge in [0.1, 0.15) is 5.69 Å². The number of anilines is 1. The van der Waals surface area contributed by atoms with Crippen molar-refractivity contribution in [2.24, 2.45) is 0 Å². The van der Waals surface area contributed by atoms with Crippen molar-refractivity contribution in [2.45, 2.75) is 20.4 Å². The van der Waals surface area contributed by atoms with Gasteiger partial charge in [0.2, 0.25) is 0 Å². The first kappa shape index (κ1) is 22.4. The molecule has 4 heterocycles. The molecule has 0 spiro atoms. The topological polar surface area (TPSA) is 124 Å². The highest BCUT2D eigenvalue weighted by atomic mass is 35.5. The van der Waals surface area contributed by atoms with Crippen LogP contribution in [-0.2, 0) is 6.54 Å². The van der Waals surface area contributed by atoms with Crippen molar-refractivity contribution < 1.29 is 4.79 Å². The average molecular weight is 485 g/mol. The van der Waals surface area contributed by atoms with Gasteiger partial charge in [-0.1, -0.05) is 23.7 Å². The van der Waals surface area contributed by atoms with Crippen molar-refractivity contribution in [3.63, 3.8) is 0 Å². The Morgan fingerprint density at radius 3 is 2.71 bits per heavy atom. The summed E-state index contributed by atoms with van der Waals surface area (Å²) >= 11 is 6.53. The third-order valence-corrected chi connectivity index (χ3v) is 5.68. The number of nitrogens with two attached hydrogens (primary N) is 1. The molecule has 174 valence electrons. The molecular formula is C25H21ClN8O. The fraction of sp³-hybridized carbons (Fsp3) is 0.120. The molecule has 35 heavy (non-hydrogen) atoms. The molecule has 0 unspecified atom stereocenters. The number of amides is 1. The molecule has 0 saturated carbocycles. The predicted molar refractivity (Wildman–Crippen MR) is 134 cm³/mol. The molecule has 10 heteroatoms. The Morgan fingerprint density at radius 1 is 1.11 bits per heavy atom. The lowest BCUT2D eigenvalue weighted by molar-refractivity contribution is 0.0946. The fourth-order valence-electron chi connectivity index (χ4n) is 3.63. The highest BCUT2D eigenvalue weighted by Crippen LogP contribution is 2.32. The molecule has 5 rings (SSSR count). The average Bonchev–Trinajstić information content (AvgIpc) is 3.29. The maximum Gasteiger partial charge on any atom is 0.274 e. The number of carbonyl (C=O) groups is 1. The second kappa shape index (κ2) is 9.11. The van der Waals surface area contributed by atoms with E-state index in [0.717, 1.165) is 16.6 Å². The number of carbonyl (C=O) groups excluding carboxylic acids is 1. The summed E-state index contributed by atoms with van der Waals surface area (Å²) in [6.45, 7) is 4.04. The van der Waals surface area contributed by atoms with Gasteiger partial charge in [0.25, 0.3) is 5.91 Å². The van der Waals surface area contributed by atoms with Crippen molar-refractivity contribution >= 4 is 34.2 Å². The van der Waals surface area contributed by atoms with Gasteiger partial charge in [0.15, 0.2) is 17.3 Å². The minimum Gasteiger partial charge on any atom is -0.382 e. The number of nitrogens with zero attached hydrogens (tertiary/aromatic N) is 6. The van der Waals surface area contributed by atoms with Crippen molar-refractivity contribution in [3.8, 4) is 17.1 Å². The smallest absolute Gasteiger partial charge is 0.274 e. The summed E-state index contributed by atoms with van der Waals surface area (Å²) in [4.78, 5) is 30.8. The van der Waals surface area contributed by atoms with Gasteiger partial charge in [-0.15, -0.1) is 0 Å². The first-order valence-corrected chi connectivity index (χ1v) is 11.2. The molecule has 0 bridgehead atoms. The van der Waals surface area contributed by atoms with Crippen LogP contribution in [0.15, 0.2) is 61.1 Å². The van der Waals surface area contributed by atoms with Gasteiger partial charge in [0, 0.05) is 29.5 Å². The minimum atomic E-state index is -0.463. The number of rotatable bonds is 5. The lowest BCUT2D eigenvalue weighted by atomic mass is 10.1. The van der Waals surface area contributed by atoms with Gasteiger partial charge in [-0.2, -0.15) is 5.10 Å². The molecule has 0 radical (unpaired) electrons. The normalized spacial score (nSPS) is 11.1. The van der Waals surface area contributed by atoms with E-state index < -0.39 is 5.91 Å². The third kappa shape index (κ3) is 4.53. The van der Waals surface area contributed by atoms with Crippen LogP contribution in [0.3, 0.4) is 0 Å². The van der Waals surface area contributed by atoms with Crippen LogP contribution in [0.5, 0.6) is 0 Å². The Balaban J connectivity index is 1.59. The maximum atomic E-state index is 13.0. The lowest BCUT2D eigenvalue weighted by Gasteiger charge is -2.14. The molecule has 0 saturated heterocycles. The van der Waals surface area contributed by atoms with Crippen molar-refractivity contribution in [2.75, 3.05) is 5.73 Å². The molecule has 0 aliphatic carbocycles. The molecule has 1 amide bonds. The van der Waals surface area contributed by atoms with Crippen molar-refractivity contribution in [1.82, 2.24) is 35.0 Å². The molecule has 0 atom stereocenters. The number of fused-ring (bicyclic) bond motifs is 1. The second-order valence-electron chi connectivity index (χ2n) is 8.07. The Hall–Kier alpha value is -4.37. The molecule has 4 aromatic heterocycles. The number of halogens is 1. The summed E-state index contributed by atoms with van der Waals surface area (Å²) in [6.07, 6.45) is 5.18. The lowest BCUT2D eigenvalue weighted by Crippen LogP contribution is -2.26. The van der Waals surface area contributed by atoms with E-state index in [0.29, 0.717) is 33.3 Å². The monoisotopic (exact) mass is 484 g/mol. The second-order valence-corrected chi connectivity index (χ2v) is 8.48. The molecule has 0 aliphatic rings. The molecule has 1 aromatic carbocycles. The molecule has 3 N–H and O–H groups in total. The largest absolute Gasteiger partial charge is 0.382 e. The van der Waals surface area contributed by atoms with E-state index in [-0.39, 0.29) is 18.1 Å². The number of hydrogen-bond donors (Lipinski definition) is 2. The number of benzene rings is 1. The highest BCUT2D eigenvalue weighted by Gasteiger charge is 2.21. The van der Waals surface area contributed by atoms with Gasteiger partial charge < -0.3 is 11.1 Å². The first-order valence-electron chi connectivity index (χ1n) is 10.8. The van der Waals surface area contributed by atoms with Crippen LogP contribution in [0.25, 0.3) is 28.0 Å². The van der Waals surface area contributed by atoms with Crippen LogP contribution < -0.4 is 11.1 Å². The number of hydrogen-bond acceptors (Lipinski definition) is 7. The summed E-state index contributed by atoms with van der Waals surface area (Å²) in [5.41, 5.74) is 10.5. The number of aryl methyl sites for hydroxylation is 2. The van der Waals surface area contributed by atoms with Gasteiger partial charge in [0.05, 0.1) is 28.5 Å². The number of aromatic nitrogens is 6. The van der Waals surface area contributed by atoms with E-state index in [1.54, 1.807) is 29.3 Å². The maximum absolute atomic E-state index is 13.0. The number of nitrogen functional groups attached to an aromatic ring is 1. The number of nitrogens with one attached hydrogen (secondary N) is 1. The van der Waals surface area contributed by atoms with Gasteiger partial charge in [-0.3, -0.25) is 14.8 Å². The summed E-state index contributed by atoms with van der Waals surface area (Å²) in [6, 6.07) is 13.0. The van der Waals surface area contributed by atoms with Crippen LogP contribution in [-0.4, -0.2) is 35.6 Å². The zero-order valence-corrected chi connectivity index (χ0v) is 19.8. The quantitative estimate of drug-likeness (QED) is 0.385. The Bertz CT molecular complexity index is 1560. The molecule has 5 aromatic rings. The highest BCUT2D eigenvalue weighted by molar-refractivity contribution is 6.35. The van der Waals surface area contributed by atoms with Crippen molar-refractivity contribution in [3.05, 3.63) is 88.7 Å². The van der Waals surface area contributed by atoms with Crippen LogP contribution in [0.2, 0.25) is 5.02 Å². The van der Waals surface area contributed by atoms with E-state index in [1.165, 1.54) is 0 Å². The van der Waals surface area contributed by atoms with E-state index >= 15 is 0 Å². The van der Waals surface area contributed by atoms with Gasteiger partial charge >= 0.3 is 0 Å². The minimum absolute atomic E-state index is 0.00199. The van der Waals surface area contributed by atoms with Crippen LogP contribution in [0, 0.1) is 13.8 Å². The zero-order chi connectivity index (χ0) is 24.5.